The maximum absolute atomic E-state index is 13.6. The second kappa shape index (κ2) is 5.12. The van der Waals surface area contributed by atoms with Crippen molar-refractivity contribution in [1.29, 1.82) is 0 Å². The molecule has 2 aromatic carbocycles. The van der Waals surface area contributed by atoms with Crippen molar-refractivity contribution >= 4 is 11.5 Å². The molecule has 0 aliphatic carbocycles. The molecule has 0 fully saturated rings. The summed E-state index contributed by atoms with van der Waals surface area (Å²) in [6.07, 6.45) is 0. The first kappa shape index (κ1) is 13.7. The fourth-order valence-electron chi connectivity index (χ4n) is 1.64. The fraction of sp³-hybridized carbons (Fsp3) is 0. The standard InChI is InChI=1S/C13H6F3NO3/c14-9-4-2-1-3-7(9)13(18)8-5-11(16)12(17(19)20)6-10(8)15/h1-6H. The monoisotopic (exact) mass is 281 g/mol. The molecule has 0 spiro atoms. The number of rotatable bonds is 3. The Labute approximate surface area is 110 Å². The molecule has 102 valence electrons. The van der Waals surface area contributed by atoms with Gasteiger partial charge in [0.2, 0.25) is 5.82 Å². The Kier molecular flexibility index (Phi) is 3.51. The highest BCUT2D eigenvalue weighted by molar-refractivity contribution is 6.09. The molecule has 0 aliphatic rings. The van der Waals surface area contributed by atoms with Gasteiger partial charge in [-0.2, -0.15) is 4.39 Å². The minimum absolute atomic E-state index is 0.295. The maximum Gasteiger partial charge on any atom is 0.307 e. The van der Waals surface area contributed by atoms with E-state index >= 15 is 0 Å². The lowest BCUT2D eigenvalue weighted by molar-refractivity contribution is -0.387. The number of hydrogen-bond donors (Lipinski definition) is 0. The van der Waals surface area contributed by atoms with Crippen LogP contribution in [0.5, 0.6) is 0 Å². The molecule has 0 bridgehead atoms. The van der Waals surface area contributed by atoms with E-state index in [-0.39, 0.29) is 0 Å². The van der Waals surface area contributed by atoms with Crippen LogP contribution in [-0.2, 0) is 0 Å². The average molecular weight is 281 g/mol. The fourth-order valence-corrected chi connectivity index (χ4v) is 1.64. The third-order valence-corrected chi connectivity index (χ3v) is 2.60. The number of hydrogen-bond acceptors (Lipinski definition) is 3. The highest BCUT2D eigenvalue weighted by Gasteiger charge is 2.24. The van der Waals surface area contributed by atoms with Crippen LogP contribution in [-0.4, -0.2) is 10.7 Å². The predicted octanol–water partition coefficient (Wildman–Crippen LogP) is 3.24. The van der Waals surface area contributed by atoms with E-state index in [1.165, 1.54) is 12.1 Å². The third kappa shape index (κ3) is 2.37. The molecule has 0 amide bonds. The van der Waals surface area contributed by atoms with Gasteiger partial charge in [0.15, 0.2) is 5.78 Å². The van der Waals surface area contributed by atoms with E-state index in [4.69, 9.17) is 0 Å². The smallest absolute Gasteiger partial charge is 0.288 e. The summed E-state index contributed by atoms with van der Waals surface area (Å²) in [5.74, 6) is -4.63. The van der Waals surface area contributed by atoms with Gasteiger partial charge < -0.3 is 0 Å². The minimum Gasteiger partial charge on any atom is -0.288 e. The summed E-state index contributed by atoms with van der Waals surface area (Å²) in [6, 6.07) is 5.48. The molecule has 7 heteroatoms. The van der Waals surface area contributed by atoms with Gasteiger partial charge >= 0.3 is 5.69 Å². The van der Waals surface area contributed by atoms with Gasteiger partial charge in [0.1, 0.15) is 11.6 Å². The minimum atomic E-state index is -1.36. The maximum atomic E-state index is 13.6. The molecule has 0 unspecified atom stereocenters. The molecule has 0 radical (unpaired) electrons. The van der Waals surface area contributed by atoms with Gasteiger partial charge in [-0.25, -0.2) is 8.78 Å². The van der Waals surface area contributed by atoms with Crippen LogP contribution in [0.2, 0.25) is 0 Å². The summed E-state index contributed by atoms with van der Waals surface area (Å²) in [5, 5.41) is 10.4. The number of halogens is 3. The van der Waals surface area contributed by atoms with E-state index in [1.54, 1.807) is 0 Å². The van der Waals surface area contributed by atoms with Crippen LogP contribution in [0, 0.1) is 27.6 Å². The molecule has 2 rings (SSSR count). The molecule has 0 saturated carbocycles. The van der Waals surface area contributed by atoms with Crippen molar-refractivity contribution in [2.24, 2.45) is 0 Å². The van der Waals surface area contributed by atoms with E-state index < -0.39 is 45.0 Å². The number of nitro groups is 1. The van der Waals surface area contributed by atoms with Crippen LogP contribution in [0.3, 0.4) is 0 Å². The van der Waals surface area contributed by atoms with Gasteiger partial charge in [-0.15, -0.1) is 0 Å². The molecule has 4 nitrogen and oxygen atoms in total. The largest absolute Gasteiger partial charge is 0.307 e. The Bertz CT molecular complexity index is 716. The number of carbonyl (C=O) groups is 1. The van der Waals surface area contributed by atoms with Crippen LogP contribution in [0.4, 0.5) is 18.9 Å². The number of ketones is 1. The Morgan fingerprint density at radius 1 is 0.950 bits per heavy atom. The van der Waals surface area contributed by atoms with Crippen molar-refractivity contribution in [2.45, 2.75) is 0 Å². The van der Waals surface area contributed by atoms with Gasteiger partial charge in [0.25, 0.3) is 0 Å². The van der Waals surface area contributed by atoms with Crippen LogP contribution in [0.1, 0.15) is 15.9 Å². The first-order chi connectivity index (χ1) is 9.41. The SMILES string of the molecule is O=C(c1ccccc1F)c1cc(F)c([N+](=O)[O-])cc1F. The summed E-state index contributed by atoms with van der Waals surface area (Å²) in [6.45, 7) is 0. The van der Waals surface area contributed by atoms with Crippen molar-refractivity contribution in [3.63, 3.8) is 0 Å². The topological polar surface area (TPSA) is 60.2 Å². The summed E-state index contributed by atoms with van der Waals surface area (Å²) in [5.41, 5.74) is -2.30. The molecule has 0 atom stereocenters. The predicted molar refractivity (Wildman–Crippen MR) is 62.8 cm³/mol. The van der Waals surface area contributed by atoms with E-state index in [0.29, 0.717) is 12.1 Å². The molecule has 0 aliphatic heterocycles. The van der Waals surface area contributed by atoms with Gasteiger partial charge in [0, 0.05) is 0 Å². The van der Waals surface area contributed by atoms with Gasteiger partial charge in [-0.05, 0) is 18.2 Å². The highest BCUT2D eigenvalue weighted by Crippen LogP contribution is 2.24. The van der Waals surface area contributed by atoms with Crippen molar-refractivity contribution in [3.8, 4) is 0 Å². The van der Waals surface area contributed by atoms with Crippen LogP contribution >= 0.6 is 0 Å². The lowest BCUT2D eigenvalue weighted by atomic mass is 10.0. The number of carbonyl (C=O) groups excluding carboxylic acids is 1. The lowest BCUT2D eigenvalue weighted by Crippen LogP contribution is -2.08. The van der Waals surface area contributed by atoms with Crippen molar-refractivity contribution < 1.29 is 22.9 Å². The zero-order valence-electron chi connectivity index (χ0n) is 9.77. The summed E-state index contributed by atoms with van der Waals surface area (Å²) >= 11 is 0. The Morgan fingerprint density at radius 2 is 1.60 bits per heavy atom. The molecule has 2 aromatic rings. The summed E-state index contributed by atoms with van der Waals surface area (Å²) in [7, 11) is 0. The highest BCUT2D eigenvalue weighted by atomic mass is 19.1. The third-order valence-electron chi connectivity index (χ3n) is 2.60. The zero-order valence-corrected chi connectivity index (χ0v) is 9.77. The van der Waals surface area contributed by atoms with E-state index in [9.17, 15) is 28.1 Å². The molecular formula is C13H6F3NO3. The summed E-state index contributed by atoms with van der Waals surface area (Å²) < 4.78 is 40.5. The van der Waals surface area contributed by atoms with Crippen molar-refractivity contribution in [2.75, 3.05) is 0 Å². The van der Waals surface area contributed by atoms with Crippen molar-refractivity contribution in [3.05, 3.63) is 75.1 Å². The molecule has 0 saturated heterocycles. The number of nitrogens with zero attached hydrogens (tertiary/aromatic N) is 1. The Balaban J connectivity index is 2.54. The molecule has 20 heavy (non-hydrogen) atoms. The quantitative estimate of drug-likeness (QED) is 0.493. The number of nitro benzene ring substituents is 1. The van der Waals surface area contributed by atoms with E-state index in [2.05, 4.69) is 0 Å². The van der Waals surface area contributed by atoms with E-state index in [1.807, 2.05) is 0 Å². The second-order valence-corrected chi connectivity index (χ2v) is 3.85. The molecule has 0 heterocycles. The zero-order chi connectivity index (χ0) is 14.9. The first-order valence-electron chi connectivity index (χ1n) is 5.34. The van der Waals surface area contributed by atoms with Crippen molar-refractivity contribution in [1.82, 2.24) is 0 Å². The van der Waals surface area contributed by atoms with Crippen LogP contribution < -0.4 is 0 Å². The molecule has 0 aromatic heterocycles. The molecule has 0 N–H and O–H groups in total. The summed E-state index contributed by atoms with van der Waals surface area (Å²) in [4.78, 5) is 21.2. The second-order valence-electron chi connectivity index (χ2n) is 3.85. The average Bonchev–Trinajstić information content (AvgIpc) is 2.40. The van der Waals surface area contributed by atoms with Gasteiger partial charge in [-0.3, -0.25) is 14.9 Å². The van der Waals surface area contributed by atoms with Gasteiger partial charge in [-0.1, -0.05) is 12.1 Å². The van der Waals surface area contributed by atoms with Crippen LogP contribution in [0.25, 0.3) is 0 Å². The molecular weight excluding hydrogens is 275 g/mol. The Morgan fingerprint density at radius 3 is 2.20 bits per heavy atom. The lowest BCUT2D eigenvalue weighted by Gasteiger charge is -2.04. The first-order valence-corrected chi connectivity index (χ1v) is 5.34. The normalized spacial score (nSPS) is 10.3. The van der Waals surface area contributed by atoms with Crippen LogP contribution in [0.15, 0.2) is 36.4 Å². The number of benzene rings is 2. The Hall–Kier alpha value is -2.70. The van der Waals surface area contributed by atoms with E-state index in [0.717, 1.165) is 12.1 Å². The van der Waals surface area contributed by atoms with Gasteiger partial charge in [0.05, 0.1) is 22.1 Å².